The van der Waals surface area contributed by atoms with Crippen LogP contribution < -0.4 is 9.47 Å². The summed E-state index contributed by atoms with van der Waals surface area (Å²) in [5.41, 5.74) is 3.57. The average Bonchev–Trinajstić information content (AvgIpc) is 3.35. The molecule has 0 bridgehead atoms. The van der Waals surface area contributed by atoms with Gasteiger partial charge in [0, 0.05) is 41.7 Å². The number of hydrogen-bond donors (Lipinski definition) is 1. The quantitative estimate of drug-likeness (QED) is 0.235. The maximum atomic E-state index is 12.3. The molecule has 0 saturated carbocycles. The number of hydrogen-bond acceptors (Lipinski definition) is 5. The first-order chi connectivity index (χ1) is 17.1. The highest BCUT2D eigenvalue weighted by molar-refractivity contribution is 6.11. The van der Waals surface area contributed by atoms with Crippen LogP contribution in [-0.4, -0.2) is 35.3 Å². The molecule has 6 heteroatoms. The summed E-state index contributed by atoms with van der Waals surface area (Å²) in [4.78, 5) is 31.9. The number of carbonyl (C=O) groups is 2. The van der Waals surface area contributed by atoms with Crippen molar-refractivity contribution in [3.63, 3.8) is 0 Å². The Kier molecular flexibility index (Phi) is 7.86. The van der Waals surface area contributed by atoms with Crippen LogP contribution in [0.3, 0.4) is 0 Å². The Bertz CT molecular complexity index is 1370. The Balaban J connectivity index is 1.30. The van der Waals surface area contributed by atoms with E-state index < -0.39 is 0 Å². The minimum atomic E-state index is -0.280. The third kappa shape index (κ3) is 6.77. The maximum Gasteiger partial charge on any atom is 0.163 e. The van der Waals surface area contributed by atoms with Gasteiger partial charge in [-0.3, -0.25) is 14.6 Å². The Morgan fingerprint density at radius 1 is 0.971 bits per heavy atom. The number of benzene rings is 2. The first kappa shape index (κ1) is 23.7. The molecule has 2 aromatic heterocycles. The molecule has 0 saturated heterocycles. The second-order valence-corrected chi connectivity index (χ2v) is 7.92. The van der Waals surface area contributed by atoms with Crippen molar-refractivity contribution < 1.29 is 19.1 Å². The smallest absolute Gasteiger partial charge is 0.163 e. The van der Waals surface area contributed by atoms with E-state index >= 15 is 0 Å². The summed E-state index contributed by atoms with van der Waals surface area (Å²) in [6.07, 6.45) is 10.3. The van der Waals surface area contributed by atoms with E-state index in [4.69, 9.17) is 9.47 Å². The topological polar surface area (TPSA) is 81.3 Å². The standard InChI is InChI=1S/C29H26N2O4/c1-34-29-20-27(35-17-14-24-4-2-3-15-30-24)12-9-23(29)8-11-26(33)19-25(32)10-6-21-5-7-22-13-16-31-28(22)18-21/h2-13,15-16,18,20,31H,14,17,19H2,1H3. The molecule has 0 fully saturated rings. The molecule has 2 heterocycles. The van der Waals surface area contributed by atoms with Gasteiger partial charge in [-0.25, -0.2) is 0 Å². The van der Waals surface area contributed by atoms with E-state index in [1.165, 1.54) is 12.2 Å². The number of carbonyl (C=O) groups excluding carboxylic acids is 2. The number of aromatic nitrogens is 2. The number of rotatable bonds is 11. The van der Waals surface area contributed by atoms with Crippen LogP contribution in [0.25, 0.3) is 23.1 Å². The molecule has 0 aliphatic rings. The molecule has 6 nitrogen and oxygen atoms in total. The first-order valence-corrected chi connectivity index (χ1v) is 11.3. The van der Waals surface area contributed by atoms with Gasteiger partial charge in [0.25, 0.3) is 0 Å². The maximum absolute atomic E-state index is 12.3. The number of H-pyrrole nitrogens is 1. The van der Waals surface area contributed by atoms with E-state index in [-0.39, 0.29) is 18.0 Å². The van der Waals surface area contributed by atoms with Crippen LogP contribution in [-0.2, 0) is 16.0 Å². The first-order valence-electron chi connectivity index (χ1n) is 11.3. The zero-order chi connectivity index (χ0) is 24.5. The number of ketones is 2. The van der Waals surface area contributed by atoms with Gasteiger partial charge in [0.1, 0.15) is 11.5 Å². The SMILES string of the molecule is COc1cc(OCCc2ccccn2)ccc1C=CC(=O)CC(=O)C=Cc1ccc2cc[nH]c2c1. The van der Waals surface area contributed by atoms with E-state index in [0.29, 0.717) is 24.5 Å². The fourth-order valence-corrected chi connectivity index (χ4v) is 3.57. The number of nitrogens with zero attached hydrogens (tertiary/aromatic N) is 1. The Morgan fingerprint density at radius 3 is 2.63 bits per heavy atom. The normalized spacial score (nSPS) is 11.3. The zero-order valence-corrected chi connectivity index (χ0v) is 19.4. The lowest BCUT2D eigenvalue weighted by molar-refractivity contribution is -0.121. The molecule has 4 rings (SSSR count). The van der Waals surface area contributed by atoms with Crippen LogP contribution in [0.1, 0.15) is 23.2 Å². The number of ether oxygens (including phenoxy) is 2. The third-order valence-corrected chi connectivity index (χ3v) is 5.40. The summed E-state index contributed by atoms with van der Waals surface area (Å²) in [6, 6.07) is 19.0. The van der Waals surface area contributed by atoms with Crippen LogP contribution >= 0.6 is 0 Å². The van der Waals surface area contributed by atoms with Crippen LogP contribution in [0.2, 0.25) is 0 Å². The third-order valence-electron chi connectivity index (χ3n) is 5.40. The van der Waals surface area contributed by atoms with Gasteiger partial charge in [-0.1, -0.05) is 24.3 Å². The molecule has 1 N–H and O–H groups in total. The highest BCUT2D eigenvalue weighted by Crippen LogP contribution is 2.26. The Morgan fingerprint density at radius 2 is 1.83 bits per heavy atom. The van der Waals surface area contributed by atoms with E-state index in [0.717, 1.165) is 27.7 Å². The second-order valence-electron chi connectivity index (χ2n) is 7.92. The highest BCUT2D eigenvalue weighted by Gasteiger charge is 2.07. The van der Waals surface area contributed by atoms with Crippen LogP contribution in [0.15, 0.2) is 85.2 Å². The van der Waals surface area contributed by atoms with Crippen molar-refractivity contribution in [1.82, 2.24) is 9.97 Å². The van der Waals surface area contributed by atoms with Gasteiger partial charge >= 0.3 is 0 Å². The molecule has 0 aliphatic heterocycles. The lowest BCUT2D eigenvalue weighted by atomic mass is 10.1. The molecule has 0 atom stereocenters. The highest BCUT2D eigenvalue weighted by atomic mass is 16.5. The van der Waals surface area contributed by atoms with E-state index in [1.54, 1.807) is 31.5 Å². The molecule has 0 unspecified atom stereocenters. The van der Waals surface area contributed by atoms with Gasteiger partial charge in [0.15, 0.2) is 11.6 Å². The number of pyridine rings is 1. The minimum Gasteiger partial charge on any atom is -0.496 e. The van der Waals surface area contributed by atoms with Gasteiger partial charge in [-0.15, -0.1) is 0 Å². The van der Waals surface area contributed by atoms with Crippen LogP contribution in [0.5, 0.6) is 11.5 Å². The zero-order valence-electron chi connectivity index (χ0n) is 19.4. The fraction of sp³-hybridized carbons (Fsp3) is 0.138. The molecule has 0 radical (unpaired) electrons. The van der Waals surface area contributed by atoms with Crippen molar-refractivity contribution in [2.24, 2.45) is 0 Å². The van der Waals surface area contributed by atoms with E-state index in [1.807, 2.05) is 60.8 Å². The van der Waals surface area contributed by atoms with Crippen molar-refractivity contribution >= 4 is 34.6 Å². The van der Waals surface area contributed by atoms with Gasteiger partial charge in [-0.2, -0.15) is 0 Å². The number of nitrogens with one attached hydrogen (secondary N) is 1. The number of methoxy groups -OCH3 is 1. The lowest BCUT2D eigenvalue weighted by Gasteiger charge is -2.10. The predicted molar refractivity (Wildman–Crippen MR) is 137 cm³/mol. The number of aromatic amines is 1. The van der Waals surface area contributed by atoms with Crippen LogP contribution in [0.4, 0.5) is 0 Å². The molecule has 35 heavy (non-hydrogen) atoms. The summed E-state index contributed by atoms with van der Waals surface area (Å²) >= 11 is 0. The van der Waals surface area contributed by atoms with Crippen LogP contribution in [0, 0.1) is 0 Å². The van der Waals surface area contributed by atoms with Crippen molar-refractivity contribution in [2.75, 3.05) is 13.7 Å². The summed E-state index contributed by atoms with van der Waals surface area (Å²) < 4.78 is 11.2. The summed E-state index contributed by atoms with van der Waals surface area (Å²) in [7, 11) is 1.56. The van der Waals surface area contributed by atoms with Gasteiger partial charge in [0.05, 0.1) is 20.1 Å². The minimum absolute atomic E-state index is 0.200. The molecule has 176 valence electrons. The molecular formula is C29H26N2O4. The summed E-state index contributed by atoms with van der Waals surface area (Å²) in [5.74, 6) is 0.710. The molecule has 0 spiro atoms. The predicted octanol–water partition coefficient (Wildman–Crippen LogP) is 5.45. The van der Waals surface area contributed by atoms with Crippen molar-refractivity contribution in [3.05, 3.63) is 102 Å². The molecule has 0 aliphatic carbocycles. The lowest BCUT2D eigenvalue weighted by Crippen LogP contribution is -2.03. The summed E-state index contributed by atoms with van der Waals surface area (Å²) in [5, 5.41) is 1.10. The Labute approximate surface area is 203 Å². The van der Waals surface area contributed by atoms with Gasteiger partial charge in [0.2, 0.25) is 0 Å². The van der Waals surface area contributed by atoms with E-state index in [2.05, 4.69) is 9.97 Å². The molecule has 2 aromatic carbocycles. The fourth-order valence-electron chi connectivity index (χ4n) is 3.57. The van der Waals surface area contributed by atoms with E-state index in [9.17, 15) is 9.59 Å². The monoisotopic (exact) mass is 466 g/mol. The molecule has 4 aromatic rings. The van der Waals surface area contributed by atoms with Gasteiger partial charge in [-0.05, 0) is 65.6 Å². The molecule has 0 amide bonds. The van der Waals surface area contributed by atoms with Crippen molar-refractivity contribution in [1.29, 1.82) is 0 Å². The van der Waals surface area contributed by atoms with Crippen molar-refractivity contribution in [3.8, 4) is 11.5 Å². The average molecular weight is 467 g/mol. The second kappa shape index (κ2) is 11.6. The summed E-state index contributed by atoms with van der Waals surface area (Å²) in [6.45, 7) is 0.488. The largest absolute Gasteiger partial charge is 0.496 e. The number of fused-ring (bicyclic) bond motifs is 1. The molecular weight excluding hydrogens is 440 g/mol. The van der Waals surface area contributed by atoms with Crippen molar-refractivity contribution in [2.45, 2.75) is 12.8 Å². The van der Waals surface area contributed by atoms with Gasteiger partial charge < -0.3 is 14.5 Å². The Hall–Kier alpha value is -4.45. The number of allylic oxidation sites excluding steroid dienone is 2.